The predicted octanol–water partition coefficient (Wildman–Crippen LogP) is 2.00. The number of alkyl halides is 1. The second-order valence-corrected chi connectivity index (χ2v) is 4.71. The Kier molecular flexibility index (Phi) is 4.61. The Balaban J connectivity index is 2.63. The van der Waals surface area contributed by atoms with Gasteiger partial charge in [-0.05, 0) is 24.6 Å². The first kappa shape index (κ1) is 12.8. The lowest BCUT2D eigenvalue weighted by Crippen LogP contribution is -2.29. The molecule has 1 atom stereocenters. The molecule has 0 saturated heterocycles. The molecule has 1 rings (SSSR count). The maximum atomic E-state index is 11.6. The summed E-state index contributed by atoms with van der Waals surface area (Å²) in [5.41, 5.74) is 0.325. The molecular formula is C11H14BrNO3. The lowest BCUT2D eigenvalue weighted by atomic mass is 10.2. The van der Waals surface area contributed by atoms with Crippen molar-refractivity contribution in [3.8, 4) is 11.5 Å². The smallest absolute Gasteiger partial charge is 0.251 e. The molecule has 0 saturated carbocycles. The fraction of sp³-hybridized carbons (Fsp3) is 0.364. The number of hydrogen-bond acceptors (Lipinski definition) is 3. The van der Waals surface area contributed by atoms with Crippen molar-refractivity contribution in [2.45, 2.75) is 18.2 Å². The summed E-state index contributed by atoms with van der Waals surface area (Å²) in [6.07, 6.45) is 0.918. The van der Waals surface area contributed by atoms with Crippen LogP contribution in [0.2, 0.25) is 0 Å². The number of carbonyl (C=O) groups excluding carboxylic acids is 1. The Labute approximate surface area is 102 Å². The third kappa shape index (κ3) is 3.41. The van der Waals surface area contributed by atoms with Crippen molar-refractivity contribution in [1.82, 2.24) is 5.32 Å². The second kappa shape index (κ2) is 5.75. The maximum absolute atomic E-state index is 11.6. The number of nitrogens with one attached hydrogen (secondary N) is 1. The van der Waals surface area contributed by atoms with Crippen LogP contribution < -0.4 is 5.32 Å². The minimum absolute atomic E-state index is 0.233. The average molecular weight is 288 g/mol. The highest BCUT2D eigenvalue weighted by Crippen LogP contribution is 2.24. The van der Waals surface area contributed by atoms with Gasteiger partial charge in [0.15, 0.2) is 11.5 Å². The van der Waals surface area contributed by atoms with Crippen LogP contribution >= 0.6 is 15.9 Å². The van der Waals surface area contributed by atoms with Crippen molar-refractivity contribution in [2.24, 2.45) is 0 Å². The van der Waals surface area contributed by atoms with Gasteiger partial charge in [-0.15, -0.1) is 0 Å². The van der Waals surface area contributed by atoms with E-state index in [0.717, 1.165) is 6.42 Å². The van der Waals surface area contributed by atoms with E-state index in [0.29, 0.717) is 12.1 Å². The van der Waals surface area contributed by atoms with Crippen molar-refractivity contribution >= 4 is 21.8 Å². The summed E-state index contributed by atoms with van der Waals surface area (Å²) >= 11 is 3.40. The van der Waals surface area contributed by atoms with Crippen LogP contribution in [0, 0.1) is 0 Å². The first-order valence-corrected chi connectivity index (χ1v) is 5.90. The van der Waals surface area contributed by atoms with Crippen LogP contribution in [0.3, 0.4) is 0 Å². The Morgan fingerprint density at radius 1 is 1.44 bits per heavy atom. The van der Waals surface area contributed by atoms with Crippen LogP contribution in [0.15, 0.2) is 18.2 Å². The van der Waals surface area contributed by atoms with E-state index in [1.165, 1.54) is 18.2 Å². The molecule has 0 aliphatic heterocycles. The van der Waals surface area contributed by atoms with Gasteiger partial charge in [-0.1, -0.05) is 22.9 Å². The van der Waals surface area contributed by atoms with Gasteiger partial charge in [-0.3, -0.25) is 4.79 Å². The van der Waals surface area contributed by atoms with Gasteiger partial charge < -0.3 is 15.5 Å². The molecule has 5 heteroatoms. The van der Waals surface area contributed by atoms with Crippen LogP contribution in [0.5, 0.6) is 11.5 Å². The molecule has 1 aromatic rings. The Morgan fingerprint density at radius 2 is 2.12 bits per heavy atom. The van der Waals surface area contributed by atoms with Gasteiger partial charge in [0.1, 0.15) is 0 Å². The quantitative estimate of drug-likeness (QED) is 0.586. The van der Waals surface area contributed by atoms with E-state index in [2.05, 4.69) is 21.2 Å². The Hall–Kier alpha value is -1.23. The average Bonchev–Trinajstić information content (AvgIpc) is 2.29. The zero-order valence-electron chi connectivity index (χ0n) is 8.90. The molecule has 16 heavy (non-hydrogen) atoms. The van der Waals surface area contributed by atoms with Crippen LogP contribution in [0.4, 0.5) is 0 Å². The summed E-state index contributed by atoms with van der Waals surface area (Å²) < 4.78 is 0. The topological polar surface area (TPSA) is 69.6 Å². The highest BCUT2D eigenvalue weighted by molar-refractivity contribution is 9.09. The first-order valence-electron chi connectivity index (χ1n) is 4.98. The molecular weight excluding hydrogens is 274 g/mol. The van der Waals surface area contributed by atoms with E-state index < -0.39 is 0 Å². The number of carbonyl (C=O) groups is 1. The summed E-state index contributed by atoms with van der Waals surface area (Å²) in [4.78, 5) is 11.8. The second-order valence-electron chi connectivity index (χ2n) is 3.42. The van der Waals surface area contributed by atoms with Crippen LogP contribution in [-0.2, 0) is 0 Å². The maximum Gasteiger partial charge on any atom is 0.251 e. The lowest BCUT2D eigenvalue weighted by Gasteiger charge is -2.09. The van der Waals surface area contributed by atoms with Crippen molar-refractivity contribution in [2.75, 3.05) is 6.54 Å². The van der Waals surface area contributed by atoms with Crippen molar-refractivity contribution in [3.63, 3.8) is 0 Å². The van der Waals surface area contributed by atoms with Gasteiger partial charge in [-0.2, -0.15) is 0 Å². The molecule has 0 aliphatic rings. The summed E-state index contributed by atoms with van der Waals surface area (Å²) in [7, 11) is 0. The molecule has 0 aromatic heterocycles. The van der Waals surface area contributed by atoms with Crippen LogP contribution in [0.1, 0.15) is 23.7 Å². The molecule has 88 valence electrons. The number of rotatable bonds is 4. The number of halogens is 1. The van der Waals surface area contributed by atoms with E-state index in [-0.39, 0.29) is 22.2 Å². The number of benzene rings is 1. The molecule has 1 unspecified atom stereocenters. The zero-order valence-corrected chi connectivity index (χ0v) is 10.5. The highest BCUT2D eigenvalue weighted by atomic mass is 79.9. The van der Waals surface area contributed by atoms with Crippen LogP contribution in [-0.4, -0.2) is 27.5 Å². The largest absolute Gasteiger partial charge is 0.504 e. The van der Waals surface area contributed by atoms with Gasteiger partial charge in [-0.25, -0.2) is 0 Å². The van der Waals surface area contributed by atoms with Gasteiger partial charge in [0, 0.05) is 16.9 Å². The van der Waals surface area contributed by atoms with Crippen molar-refractivity contribution in [1.29, 1.82) is 0 Å². The number of phenols is 2. The summed E-state index contributed by atoms with van der Waals surface area (Å²) in [6.45, 7) is 2.54. The van der Waals surface area contributed by atoms with Gasteiger partial charge in [0.2, 0.25) is 0 Å². The van der Waals surface area contributed by atoms with E-state index in [1.54, 1.807) is 0 Å². The van der Waals surface area contributed by atoms with Gasteiger partial charge in [0.05, 0.1) is 0 Å². The summed E-state index contributed by atoms with van der Waals surface area (Å²) in [5.74, 6) is -0.796. The Bertz CT molecular complexity index is 381. The SMILES string of the molecule is CCC(Br)CNC(=O)c1ccc(O)c(O)c1. The molecule has 4 nitrogen and oxygen atoms in total. The molecule has 0 spiro atoms. The monoisotopic (exact) mass is 287 g/mol. The molecule has 0 bridgehead atoms. The number of hydrogen-bond donors (Lipinski definition) is 3. The van der Waals surface area contributed by atoms with Crippen LogP contribution in [0.25, 0.3) is 0 Å². The molecule has 0 fully saturated rings. The minimum Gasteiger partial charge on any atom is -0.504 e. The summed E-state index contributed by atoms with van der Waals surface area (Å²) in [6, 6.07) is 3.98. The Morgan fingerprint density at radius 3 is 2.69 bits per heavy atom. The van der Waals surface area contributed by atoms with E-state index in [4.69, 9.17) is 5.11 Å². The van der Waals surface area contributed by atoms with E-state index in [1.807, 2.05) is 6.92 Å². The molecule has 3 N–H and O–H groups in total. The summed E-state index contributed by atoms with van der Waals surface area (Å²) in [5, 5.41) is 21.0. The third-order valence-electron chi connectivity index (χ3n) is 2.16. The fourth-order valence-electron chi connectivity index (χ4n) is 1.11. The third-order valence-corrected chi connectivity index (χ3v) is 3.14. The number of amides is 1. The highest BCUT2D eigenvalue weighted by Gasteiger charge is 2.09. The first-order chi connectivity index (χ1) is 7.54. The van der Waals surface area contributed by atoms with E-state index in [9.17, 15) is 9.90 Å². The predicted molar refractivity (Wildman–Crippen MR) is 65.1 cm³/mol. The number of aromatic hydroxyl groups is 2. The molecule has 1 amide bonds. The lowest BCUT2D eigenvalue weighted by molar-refractivity contribution is 0.0953. The van der Waals surface area contributed by atoms with Crippen molar-refractivity contribution < 1.29 is 15.0 Å². The molecule has 0 aliphatic carbocycles. The minimum atomic E-state index is -0.293. The van der Waals surface area contributed by atoms with Gasteiger partial charge in [0.25, 0.3) is 5.91 Å². The standard InChI is InChI=1S/C11H14BrNO3/c1-2-8(12)6-13-11(16)7-3-4-9(14)10(15)5-7/h3-5,8,14-15H,2,6H2,1H3,(H,13,16). The fourth-order valence-corrected chi connectivity index (χ4v) is 1.28. The molecule has 0 radical (unpaired) electrons. The molecule has 1 aromatic carbocycles. The normalized spacial score (nSPS) is 12.1. The van der Waals surface area contributed by atoms with Crippen molar-refractivity contribution in [3.05, 3.63) is 23.8 Å². The zero-order chi connectivity index (χ0) is 12.1. The van der Waals surface area contributed by atoms with Gasteiger partial charge >= 0.3 is 0 Å². The molecule has 0 heterocycles. The van der Waals surface area contributed by atoms with E-state index >= 15 is 0 Å². The number of phenolic OH excluding ortho intramolecular Hbond substituents is 2.